The van der Waals surface area contributed by atoms with Crippen molar-refractivity contribution in [2.75, 3.05) is 13.7 Å². The van der Waals surface area contributed by atoms with Crippen molar-refractivity contribution >= 4 is 11.8 Å². The zero-order valence-corrected chi connectivity index (χ0v) is 7.86. The predicted octanol–water partition coefficient (Wildman–Crippen LogP) is 0.0634. The molecular formula is C7H9N3O5. The van der Waals surface area contributed by atoms with Crippen LogP contribution in [0.2, 0.25) is 0 Å². The van der Waals surface area contributed by atoms with Gasteiger partial charge in [-0.25, -0.2) is 4.79 Å². The fourth-order valence-corrected chi connectivity index (χ4v) is 1.03. The van der Waals surface area contributed by atoms with E-state index in [1.54, 1.807) is 0 Å². The van der Waals surface area contributed by atoms with Crippen molar-refractivity contribution in [1.82, 2.24) is 9.55 Å². The molecule has 1 aromatic heterocycles. The van der Waals surface area contributed by atoms with Gasteiger partial charge >= 0.3 is 11.8 Å². The molecule has 82 valence electrons. The molecule has 1 unspecified atom stereocenters. The van der Waals surface area contributed by atoms with Gasteiger partial charge in [-0.15, -0.1) is 0 Å². The summed E-state index contributed by atoms with van der Waals surface area (Å²) in [4.78, 5) is 23.8. The van der Waals surface area contributed by atoms with Gasteiger partial charge in [0.1, 0.15) is 6.20 Å². The lowest BCUT2D eigenvalue weighted by Crippen LogP contribution is -2.22. The summed E-state index contributed by atoms with van der Waals surface area (Å²) in [6.45, 7) is -0.0805. The van der Waals surface area contributed by atoms with Crippen molar-refractivity contribution in [2.24, 2.45) is 0 Å². The van der Waals surface area contributed by atoms with Crippen LogP contribution in [0.25, 0.3) is 0 Å². The van der Waals surface area contributed by atoms with E-state index in [-0.39, 0.29) is 6.61 Å². The van der Waals surface area contributed by atoms with E-state index in [4.69, 9.17) is 9.84 Å². The maximum absolute atomic E-state index is 10.8. The average Bonchev–Trinajstić information content (AvgIpc) is 2.62. The summed E-state index contributed by atoms with van der Waals surface area (Å²) in [6, 6.07) is -1.00. The van der Waals surface area contributed by atoms with Gasteiger partial charge in [-0.1, -0.05) is 0 Å². The van der Waals surface area contributed by atoms with Crippen molar-refractivity contribution in [1.29, 1.82) is 0 Å². The standard InChI is InChI=1S/C7H9N3O5/c1-15-3-5(7(11)12)9-2-6(8-4-9)10(13)14/h2,4-5H,3H2,1H3,(H,11,12). The van der Waals surface area contributed by atoms with Crippen molar-refractivity contribution in [2.45, 2.75) is 6.04 Å². The first-order chi connectivity index (χ1) is 7.06. The van der Waals surface area contributed by atoms with Crippen LogP contribution >= 0.6 is 0 Å². The molecule has 0 bridgehead atoms. The lowest BCUT2D eigenvalue weighted by molar-refractivity contribution is -0.389. The van der Waals surface area contributed by atoms with Crippen molar-refractivity contribution in [3.05, 3.63) is 22.6 Å². The number of carbonyl (C=O) groups is 1. The van der Waals surface area contributed by atoms with Crippen LogP contribution in [0.5, 0.6) is 0 Å². The summed E-state index contributed by atoms with van der Waals surface area (Å²) in [6.07, 6.45) is 2.15. The van der Waals surface area contributed by atoms with E-state index >= 15 is 0 Å². The third kappa shape index (κ3) is 2.50. The molecule has 0 spiro atoms. The maximum Gasteiger partial charge on any atom is 0.381 e. The first kappa shape index (κ1) is 11.1. The number of hydrogen-bond acceptors (Lipinski definition) is 5. The highest BCUT2D eigenvalue weighted by Gasteiger charge is 2.22. The van der Waals surface area contributed by atoms with Gasteiger partial charge in [-0.05, 0) is 9.91 Å². The number of ether oxygens (including phenoxy) is 1. The monoisotopic (exact) mass is 215 g/mol. The minimum Gasteiger partial charge on any atom is -0.480 e. The van der Waals surface area contributed by atoms with Crippen molar-refractivity contribution in [3.63, 3.8) is 0 Å². The van der Waals surface area contributed by atoms with Gasteiger partial charge in [-0.3, -0.25) is 4.57 Å². The lowest BCUT2D eigenvalue weighted by atomic mass is 10.3. The fourth-order valence-electron chi connectivity index (χ4n) is 1.03. The van der Waals surface area contributed by atoms with Gasteiger partial charge in [0.25, 0.3) is 0 Å². The second-order valence-corrected chi connectivity index (χ2v) is 2.75. The van der Waals surface area contributed by atoms with Gasteiger partial charge < -0.3 is 20.0 Å². The summed E-state index contributed by atoms with van der Waals surface area (Å²) in [5, 5.41) is 19.1. The minimum atomic E-state index is -1.14. The summed E-state index contributed by atoms with van der Waals surface area (Å²) < 4.78 is 5.82. The van der Waals surface area contributed by atoms with E-state index in [0.29, 0.717) is 0 Å². The molecule has 0 amide bonds. The third-order valence-corrected chi connectivity index (χ3v) is 1.74. The number of aliphatic carboxylic acids is 1. The maximum atomic E-state index is 10.8. The van der Waals surface area contributed by atoms with E-state index in [9.17, 15) is 14.9 Å². The summed E-state index contributed by atoms with van der Waals surface area (Å²) in [5.74, 6) is -1.53. The van der Waals surface area contributed by atoms with Crippen LogP contribution < -0.4 is 0 Å². The van der Waals surface area contributed by atoms with Crippen LogP contribution in [-0.4, -0.2) is 39.3 Å². The van der Waals surface area contributed by atoms with Crippen molar-refractivity contribution < 1.29 is 19.6 Å². The Hall–Kier alpha value is -1.96. The Kier molecular flexibility index (Phi) is 3.34. The third-order valence-electron chi connectivity index (χ3n) is 1.74. The van der Waals surface area contributed by atoms with Crippen LogP contribution in [0.3, 0.4) is 0 Å². The number of nitrogens with zero attached hydrogens (tertiary/aromatic N) is 3. The molecule has 1 atom stereocenters. The molecule has 1 rings (SSSR count). The fraction of sp³-hybridized carbons (Fsp3) is 0.429. The summed E-state index contributed by atoms with van der Waals surface area (Å²) >= 11 is 0. The summed E-state index contributed by atoms with van der Waals surface area (Å²) in [5.41, 5.74) is 0. The SMILES string of the molecule is COCC(C(=O)O)n1cnc([N+](=O)[O-])c1. The van der Waals surface area contributed by atoms with Crippen LogP contribution in [0, 0.1) is 10.1 Å². The molecule has 15 heavy (non-hydrogen) atoms. The molecule has 8 nitrogen and oxygen atoms in total. The van der Waals surface area contributed by atoms with Crippen molar-refractivity contribution in [3.8, 4) is 0 Å². The molecule has 0 saturated heterocycles. The Morgan fingerprint density at radius 2 is 2.53 bits per heavy atom. The van der Waals surface area contributed by atoms with Gasteiger partial charge in [0.05, 0.1) is 6.61 Å². The topological polar surface area (TPSA) is 107 Å². The summed E-state index contributed by atoms with van der Waals surface area (Å²) in [7, 11) is 1.35. The highest BCUT2D eigenvalue weighted by atomic mass is 16.6. The van der Waals surface area contributed by atoms with E-state index in [0.717, 1.165) is 17.1 Å². The van der Waals surface area contributed by atoms with E-state index in [2.05, 4.69) is 4.98 Å². The Bertz CT molecular complexity index is 374. The Balaban J connectivity index is 2.91. The molecule has 0 saturated carbocycles. The Morgan fingerprint density at radius 3 is 2.93 bits per heavy atom. The van der Waals surface area contributed by atoms with E-state index < -0.39 is 22.8 Å². The lowest BCUT2D eigenvalue weighted by Gasteiger charge is -2.10. The molecule has 8 heteroatoms. The first-order valence-corrected chi connectivity index (χ1v) is 3.96. The second-order valence-electron chi connectivity index (χ2n) is 2.75. The number of hydrogen-bond donors (Lipinski definition) is 1. The molecule has 1 aromatic rings. The molecular weight excluding hydrogens is 206 g/mol. The predicted molar refractivity (Wildman–Crippen MR) is 47.4 cm³/mol. The number of carboxylic acids is 1. The number of carboxylic acid groups (broad SMARTS) is 1. The number of aromatic nitrogens is 2. The molecule has 1 heterocycles. The van der Waals surface area contributed by atoms with Gasteiger partial charge in [-0.2, -0.15) is 0 Å². The average molecular weight is 215 g/mol. The van der Waals surface area contributed by atoms with Crippen LogP contribution in [0.4, 0.5) is 5.82 Å². The van der Waals surface area contributed by atoms with Crippen LogP contribution in [0.1, 0.15) is 6.04 Å². The minimum absolute atomic E-state index is 0.0805. The Labute approximate surface area is 84.3 Å². The normalized spacial score (nSPS) is 12.3. The second kappa shape index (κ2) is 4.51. The van der Waals surface area contributed by atoms with E-state index in [1.165, 1.54) is 7.11 Å². The number of imidazole rings is 1. The smallest absolute Gasteiger partial charge is 0.381 e. The van der Waals surface area contributed by atoms with Crippen LogP contribution in [-0.2, 0) is 9.53 Å². The molecule has 0 aliphatic heterocycles. The van der Waals surface area contributed by atoms with Gasteiger partial charge in [0.15, 0.2) is 6.04 Å². The van der Waals surface area contributed by atoms with E-state index in [1.807, 2.05) is 0 Å². The Morgan fingerprint density at radius 1 is 1.87 bits per heavy atom. The molecule has 0 aromatic carbocycles. The van der Waals surface area contributed by atoms with Crippen LogP contribution in [0.15, 0.2) is 12.5 Å². The molecule has 1 N–H and O–H groups in total. The molecule has 0 aliphatic carbocycles. The molecule has 0 fully saturated rings. The zero-order valence-electron chi connectivity index (χ0n) is 7.86. The molecule has 0 aliphatic rings. The molecule has 0 radical (unpaired) electrons. The largest absolute Gasteiger partial charge is 0.480 e. The highest BCUT2D eigenvalue weighted by Crippen LogP contribution is 2.12. The number of nitro groups is 1. The highest BCUT2D eigenvalue weighted by molar-refractivity contribution is 5.72. The number of methoxy groups -OCH3 is 1. The first-order valence-electron chi connectivity index (χ1n) is 3.96. The van der Waals surface area contributed by atoms with Gasteiger partial charge in [0, 0.05) is 7.11 Å². The number of rotatable bonds is 5. The quantitative estimate of drug-likeness (QED) is 0.549. The van der Waals surface area contributed by atoms with Gasteiger partial charge in [0.2, 0.25) is 6.33 Å². The zero-order chi connectivity index (χ0) is 11.4.